The predicted octanol–water partition coefficient (Wildman–Crippen LogP) is 4.33. The third-order valence-electron chi connectivity index (χ3n) is 5.20. The number of ether oxygens (including phenoxy) is 1. The van der Waals surface area contributed by atoms with Crippen LogP contribution in [0.5, 0.6) is 11.5 Å². The third kappa shape index (κ3) is 3.40. The molecule has 0 spiro atoms. The Morgan fingerprint density at radius 2 is 1.97 bits per heavy atom. The molecule has 2 unspecified atom stereocenters. The first kappa shape index (κ1) is 19.9. The van der Waals surface area contributed by atoms with E-state index < -0.39 is 35.8 Å². The van der Waals surface area contributed by atoms with Crippen LogP contribution < -0.4 is 15.0 Å². The molecule has 0 bridgehead atoms. The van der Waals surface area contributed by atoms with Gasteiger partial charge in [-0.1, -0.05) is 6.07 Å². The van der Waals surface area contributed by atoms with Gasteiger partial charge in [0.05, 0.1) is 23.3 Å². The number of halogens is 5. The molecule has 0 aromatic heterocycles. The number of piperidine rings is 1. The molecule has 0 aliphatic carbocycles. The van der Waals surface area contributed by atoms with Crippen molar-refractivity contribution < 1.29 is 31.5 Å². The summed E-state index contributed by atoms with van der Waals surface area (Å²) in [6, 6.07) is 5.70. The fourth-order valence-corrected chi connectivity index (χ4v) is 3.95. The van der Waals surface area contributed by atoms with Gasteiger partial charge >= 0.3 is 12.1 Å². The lowest BCUT2D eigenvalue weighted by Gasteiger charge is -2.42. The molecular weight excluding hydrogens is 409 g/mol. The average Bonchev–Trinajstić information content (AvgIpc) is 2.80. The molecule has 1 fully saturated rings. The number of benzene rings is 2. The molecule has 2 aliphatic rings. The summed E-state index contributed by atoms with van der Waals surface area (Å²) < 4.78 is 72.3. The lowest BCUT2D eigenvalue weighted by molar-refractivity contribution is -0.174. The van der Waals surface area contributed by atoms with Crippen LogP contribution in [-0.4, -0.2) is 24.7 Å². The maximum Gasteiger partial charge on any atom is 0.471 e. The minimum absolute atomic E-state index is 0.000940. The van der Waals surface area contributed by atoms with Gasteiger partial charge in [-0.3, -0.25) is 4.79 Å². The van der Waals surface area contributed by atoms with Crippen molar-refractivity contribution in [2.45, 2.75) is 31.1 Å². The van der Waals surface area contributed by atoms with Gasteiger partial charge in [0.15, 0.2) is 5.75 Å². The Morgan fingerprint density at radius 1 is 1.20 bits per heavy atom. The van der Waals surface area contributed by atoms with Crippen LogP contribution in [-0.2, 0) is 4.79 Å². The van der Waals surface area contributed by atoms with Gasteiger partial charge in [-0.05, 0) is 25.0 Å². The van der Waals surface area contributed by atoms with Crippen LogP contribution in [0, 0.1) is 23.0 Å². The summed E-state index contributed by atoms with van der Waals surface area (Å²) in [5.74, 6) is -3.57. The standard InChI is InChI=1S/C20H14F5N3O2/c21-11-3-4-12-16(7-11)30-17-8-13(22)10(9-26)6-15(17)28-5-1-2-14(18(12)28)27-19(29)20(23,24)25/h3-4,6-8,14,18H,1-2,5H2,(H,27,29). The van der Waals surface area contributed by atoms with E-state index in [-0.39, 0.29) is 29.2 Å². The monoisotopic (exact) mass is 423 g/mol. The minimum Gasteiger partial charge on any atom is -0.455 e. The minimum atomic E-state index is -5.07. The van der Waals surface area contributed by atoms with E-state index in [1.54, 1.807) is 11.0 Å². The van der Waals surface area contributed by atoms with E-state index in [1.165, 1.54) is 12.1 Å². The van der Waals surface area contributed by atoms with Gasteiger partial charge in [-0.25, -0.2) is 8.78 Å². The Morgan fingerprint density at radius 3 is 2.67 bits per heavy atom. The molecule has 2 aromatic rings. The molecule has 10 heteroatoms. The second-order valence-corrected chi connectivity index (χ2v) is 7.05. The van der Waals surface area contributed by atoms with E-state index >= 15 is 0 Å². The van der Waals surface area contributed by atoms with E-state index in [4.69, 9.17) is 4.74 Å². The highest BCUT2D eigenvalue weighted by atomic mass is 19.4. The highest BCUT2D eigenvalue weighted by Gasteiger charge is 2.44. The lowest BCUT2D eigenvalue weighted by atomic mass is 9.89. The number of nitriles is 1. The van der Waals surface area contributed by atoms with Crippen molar-refractivity contribution in [3.05, 3.63) is 53.1 Å². The Bertz CT molecular complexity index is 1060. The molecule has 30 heavy (non-hydrogen) atoms. The summed E-state index contributed by atoms with van der Waals surface area (Å²) in [7, 11) is 0. The van der Waals surface area contributed by atoms with Crippen molar-refractivity contribution in [3.8, 4) is 17.6 Å². The van der Waals surface area contributed by atoms with Crippen LogP contribution in [0.25, 0.3) is 0 Å². The number of amides is 1. The van der Waals surface area contributed by atoms with Gasteiger partial charge < -0.3 is 15.0 Å². The molecule has 1 amide bonds. The summed E-state index contributed by atoms with van der Waals surface area (Å²) in [6.45, 7) is 0.354. The third-order valence-corrected chi connectivity index (χ3v) is 5.20. The van der Waals surface area contributed by atoms with Gasteiger partial charge in [0.1, 0.15) is 23.5 Å². The number of rotatable bonds is 1. The number of nitrogens with zero attached hydrogens (tertiary/aromatic N) is 2. The molecule has 0 saturated carbocycles. The molecule has 2 heterocycles. The van der Waals surface area contributed by atoms with E-state index in [0.29, 0.717) is 18.5 Å². The molecule has 1 N–H and O–H groups in total. The molecule has 4 rings (SSSR count). The highest BCUT2D eigenvalue weighted by Crippen LogP contribution is 2.48. The Labute approximate surface area is 167 Å². The average molecular weight is 423 g/mol. The Kier molecular flexibility index (Phi) is 4.76. The van der Waals surface area contributed by atoms with E-state index in [2.05, 4.69) is 0 Å². The molecular formula is C20H14F5N3O2. The molecule has 0 radical (unpaired) electrons. The van der Waals surface area contributed by atoms with Crippen molar-refractivity contribution >= 4 is 11.6 Å². The zero-order chi connectivity index (χ0) is 21.6. The van der Waals surface area contributed by atoms with Gasteiger partial charge in [0, 0.05) is 24.2 Å². The van der Waals surface area contributed by atoms with Crippen LogP contribution in [0.3, 0.4) is 0 Å². The van der Waals surface area contributed by atoms with Crippen molar-refractivity contribution in [2.75, 3.05) is 11.4 Å². The predicted molar refractivity (Wildman–Crippen MR) is 94.9 cm³/mol. The Balaban J connectivity index is 1.87. The number of hydrogen-bond donors (Lipinski definition) is 1. The maximum absolute atomic E-state index is 14.2. The topological polar surface area (TPSA) is 65.4 Å². The van der Waals surface area contributed by atoms with Crippen LogP contribution >= 0.6 is 0 Å². The second-order valence-electron chi connectivity index (χ2n) is 7.05. The first-order chi connectivity index (χ1) is 14.2. The van der Waals surface area contributed by atoms with E-state index in [0.717, 1.165) is 18.2 Å². The summed E-state index contributed by atoms with van der Waals surface area (Å²) >= 11 is 0. The zero-order valence-corrected chi connectivity index (χ0v) is 15.3. The van der Waals surface area contributed by atoms with Crippen LogP contribution in [0.4, 0.5) is 27.6 Å². The fourth-order valence-electron chi connectivity index (χ4n) is 3.95. The van der Waals surface area contributed by atoms with Crippen LogP contribution in [0.2, 0.25) is 0 Å². The summed E-state index contributed by atoms with van der Waals surface area (Å²) in [5, 5.41) is 11.2. The zero-order valence-electron chi connectivity index (χ0n) is 15.3. The van der Waals surface area contributed by atoms with E-state index in [9.17, 15) is 32.0 Å². The maximum atomic E-state index is 14.2. The molecule has 156 valence electrons. The first-order valence-electron chi connectivity index (χ1n) is 9.04. The number of carbonyl (C=O) groups is 1. The van der Waals surface area contributed by atoms with Gasteiger partial charge in [0.2, 0.25) is 0 Å². The number of anilines is 1. The first-order valence-corrected chi connectivity index (χ1v) is 9.04. The van der Waals surface area contributed by atoms with Gasteiger partial charge in [0.25, 0.3) is 0 Å². The fraction of sp³-hybridized carbons (Fsp3) is 0.300. The summed E-state index contributed by atoms with van der Waals surface area (Å²) in [6.07, 6.45) is -4.40. The molecule has 2 aromatic carbocycles. The smallest absolute Gasteiger partial charge is 0.455 e. The van der Waals surface area contributed by atoms with Crippen LogP contribution in [0.15, 0.2) is 30.3 Å². The van der Waals surface area contributed by atoms with Crippen molar-refractivity contribution in [1.29, 1.82) is 5.26 Å². The Hall–Kier alpha value is -3.35. The SMILES string of the molecule is N#Cc1cc2c(cc1F)Oc1cc(F)ccc1C1C(NC(=O)C(F)(F)F)CCCN21. The number of carbonyl (C=O) groups excluding carboxylic acids is 1. The van der Waals surface area contributed by atoms with Gasteiger partial charge in [-0.2, -0.15) is 18.4 Å². The molecule has 5 nitrogen and oxygen atoms in total. The largest absolute Gasteiger partial charge is 0.471 e. The number of alkyl halides is 3. The quantitative estimate of drug-likeness (QED) is 0.694. The van der Waals surface area contributed by atoms with Crippen LogP contribution in [0.1, 0.15) is 30.0 Å². The number of nitrogens with one attached hydrogen (secondary N) is 1. The second kappa shape index (κ2) is 7.16. The van der Waals surface area contributed by atoms with Crippen molar-refractivity contribution in [3.63, 3.8) is 0 Å². The van der Waals surface area contributed by atoms with E-state index in [1.807, 2.05) is 5.32 Å². The number of hydrogen-bond acceptors (Lipinski definition) is 4. The molecule has 2 aliphatic heterocycles. The molecule has 2 atom stereocenters. The summed E-state index contributed by atoms with van der Waals surface area (Å²) in [5.41, 5.74) is 0.355. The lowest BCUT2D eigenvalue weighted by Crippen LogP contribution is -2.52. The van der Waals surface area contributed by atoms with Crippen molar-refractivity contribution in [2.24, 2.45) is 0 Å². The summed E-state index contributed by atoms with van der Waals surface area (Å²) in [4.78, 5) is 13.3. The van der Waals surface area contributed by atoms with Crippen molar-refractivity contribution in [1.82, 2.24) is 5.32 Å². The molecule has 1 saturated heterocycles. The number of fused-ring (bicyclic) bond motifs is 5. The van der Waals surface area contributed by atoms with Gasteiger partial charge in [-0.15, -0.1) is 0 Å². The highest BCUT2D eigenvalue weighted by molar-refractivity contribution is 5.82. The normalized spacial score (nSPS) is 20.1.